The molecule has 0 atom stereocenters. The van der Waals surface area contributed by atoms with Gasteiger partial charge in [0.05, 0.1) is 5.69 Å². The maximum atomic E-state index is 12.0. The number of hydrogen-bond donors (Lipinski definition) is 1. The Morgan fingerprint density at radius 1 is 1.50 bits per heavy atom. The third kappa shape index (κ3) is 3.21. The van der Waals surface area contributed by atoms with Gasteiger partial charge in [-0.2, -0.15) is 0 Å². The van der Waals surface area contributed by atoms with Gasteiger partial charge in [0.2, 0.25) is 0 Å². The van der Waals surface area contributed by atoms with E-state index in [1.165, 1.54) is 11.3 Å². The quantitative estimate of drug-likeness (QED) is 0.810. The zero-order valence-corrected chi connectivity index (χ0v) is 13.3. The molecule has 94 valence electrons. The van der Waals surface area contributed by atoms with E-state index in [0.717, 1.165) is 14.3 Å². The van der Waals surface area contributed by atoms with E-state index in [0.29, 0.717) is 16.4 Å². The molecule has 2 rings (SSSR count). The molecule has 0 spiro atoms. The molecule has 6 heteroatoms. The van der Waals surface area contributed by atoms with Gasteiger partial charge < -0.3 is 5.32 Å². The number of nitrogens with one attached hydrogen (secondary N) is 1. The zero-order chi connectivity index (χ0) is 13.1. The minimum atomic E-state index is -0.104. The topological polar surface area (TPSA) is 42.0 Å². The number of amides is 1. The lowest BCUT2D eigenvalue weighted by molar-refractivity contribution is 0.0954. The number of aromatic nitrogens is 1. The van der Waals surface area contributed by atoms with Crippen LogP contribution in [0.5, 0.6) is 0 Å². The van der Waals surface area contributed by atoms with Crippen LogP contribution < -0.4 is 5.32 Å². The highest BCUT2D eigenvalue weighted by atomic mass is 127. The summed E-state index contributed by atoms with van der Waals surface area (Å²) in [4.78, 5) is 16.9. The number of hydrogen-bond acceptors (Lipinski definition) is 3. The van der Waals surface area contributed by atoms with Gasteiger partial charge in [-0.25, -0.2) is 4.98 Å². The largest absolute Gasteiger partial charge is 0.347 e. The second kappa shape index (κ2) is 5.99. The molecule has 0 radical (unpaired) electrons. The Morgan fingerprint density at radius 3 is 2.83 bits per heavy atom. The fourth-order valence-electron chi connectivity index (χ4n) is 1.47. The summed E-state index contributed by atoms with van der Waals surface area (Å²) < 4.78 is 0.869. The van der Waals surface area contributed by atoms with Crippen LogP contribution in [0.3, 0.4) is 0 Å². The van der Waals surface area contributed by atoms with Crippen molar-refractivity contribution in [2.75, 3.05) is 0 Å². The van der Waals surface area contributed by atoms with E-state index in [2.05, 4.69) is 32.9 Å². The van der Waals surface area contributed by atoms with E-state index in [1.54, 1.807) is 0 Å². The molecule has 0 aliphatic carbocycles. The Morgan fingerprint density at radius 2 is 2.22 bits per heavy atom. The first-order chi connectivity index (χ1) is 8.58. The first kappa shape index (κ1) is 13.8. The van der Waals surface area contributed by atoms with Gasteiger partial charge in [-0.15, -0.1) is 11.3 Å². The summed E-state index contributed by atoms with van der Waals surface area (Å²) >= 11 is 9.53. The second-order valence-corrected chi connectivity index (χ2v) is 6.82. The van der Waals surface area contributed by atoms with Gasteiger partial charge in [-0.05, 0) is 41.1 Å². The van der Waals surface area contributed by atoms with Gasteiger partial charge in [0.25, 0.3) is 5.91 Å². The van der Waals surface area contributed by atoms with Crippen LogP contribution >= 0.6 is 45.5 Å². The predicted octanol–water partition coefficient (Wildman–Crippen LogP) is 3.64. The molecule has 0 saturated carbocycles. The van der Waals surface area contributed by atoms with E-state index >= 15 is 0 Å². The van der Waals surface area contributed by atoms with Crippen LogP contribution in [0.1, 0.15) is 20.9 Å². The SMILES string of the molecule is Cc1nc(I)sc1C(=O)NCc1ccccc1Cl. The van der Waals surface area contributed by atoms with E-state index in [4.69, 9.17) is 11.6 Å². The molecule has 0 saturated heterocycles. The van der Waals surface area contributed by atoms with Crippen LogP contribution in [0.2, 0.25) is 5.02 Å². The minimum Gasteiger partial charge on any atom is -0.347 e. The number of rotatable bonds is 3. The summed E-state index contributed by atoms with van der Waals surface area (Å²) in [7, 11) is 0. The predicted molar refractivity (Wildman–Crippen MR) is 82.2 cm³/mol. The number of halogens is 2. The Hall–Kier alpha value is -0.660. The zero-order valence-electron chi connectivity index (χ0n) is 9.54. The van der Waals surface area contributed by atoms with Gasteiger partial charge in [0.1, 0.15) is 4.88 Å². The summed E-state index contributed by atoms with van der Waals surface area (Å²) in [6, 6.07) is 7.47. The van der Waals surface area contributed by atoms with Crippen molar-refractivity contribution < 1.29 is 4.79 Å². The van der Waals surface area contributed by atoms with Crippen LogP contribution in [-0.4, -0.2) is 10.9 Å². The molecule has 18 heavy (non-hydrogen) atoms. The highest BCUT2D eigenvalue weighted by Gasteiger charge is 2.14. The summed E-state index contributed by atoms with van der Waals surface area (Å²) in [6.45, 7) is 2.26. The Bertz CT molecular complexity index is 585. The van der Waals surface area contributed by atoms with Gasteiger partial charge >= 0.3 is 0 Å². The number of carbonyl (C=O) groups excluding carboxylic acids is 1. The number of thiazole rings is 1. The average molecular weight is 393 g/mol. The summed E-state index contributed by atoms with van der Waals surface area (Å²) in [5, 5.41) is 3.51. The molecule has 2 aromatic rings. The lowest BCUT2D eigenvalue weighted by Crippen LogP contribution is -2.22. The Kier molecular flexibility index (Phi) is 4.58. The van der Waals surface area contributed by atoms with Crippen LogP contribution in [0.4, 0.5) is 0 Å². The van der Waals surface area contributed by atoms with E-state index < -0.39 is 0 Å². The molecule has 0 unspecified atom stereocenters. The molecule has 3 nitrogen and oxygen atoms in total. The summed E-state index contributed by atoms with van der Waals surface area (Å²) in [6.07, 6.45) is 0. The van der Waals surface area contributed by atoms with Gasteiger partial charge in [-0.3, -0.25) is 4.79 Å². The second-order valence-electron chi connectivity index (χ2n) is 3.66. The third-order valence-corrected chi connectivity index (χ3v) is 4.59. The van der Waals surface area contributed by atoms with E-state index in [1.807, 2.05) is 31.2 Å². The number of aryl methyl sites for hydroxylation is 1. The average Bonchev–Trinajstić information content (AvgIpc) is 2.67. The summed E-state index contributed by atoms with van der Waals surface area (Å²) in [5.74, 6) is -0.104. The Balaban J connectivity index is 2.05. The minimum absolute atomic E-state index is 0.104. The summed E-state index contributed by atoms with van der Waals surface area (Å²) in [5.41, 5.74) is 1.67. The normalized spacial score (nSPS) is 10.4. The number of benzene rings is 1. The molecule has 1 aromatic heterocycles. The van der Waals surface area contributed by atoms with Crippen molar-refractivity contribution in [2.45, 2.75) is 13.5 Å². The number of carbonyl (C=O) groups is 1. The molecule has 1 amide bonds. The molecule has 0 fully saturated rings. The van der Waals surface area contributed by atoms with Crippen LogP contribution in [0.25, 0.3) is 0 Å². The fourth-order valence-corrected chi connectivity index (χ4v) is 3.41. The van der Waals surface area contributed by atoms with Crippen molar-refractivity contribution >= 4 is 51.4 Å². The van der Waals surface area contributed by atoms with Crippen molar-refractivity contribution in [3.8, 4) is 0 Å². The van der Waals surface area contributed by atoms with Crippen molar-refractivity contribution in [3.05, 3.63) is 48.4 Å². The van der Waals surface area contributed by atoms with Crippen LogP contribution in [-0.2, 0) is 6.54 Å². The monoisotopic (exact) mass is 392 g/mol. The fraction of sp³-hybridized carbons (Fsp3) is 0.167. The van der Waals surface area contributed by atoms with E-state index in [9.17, 15) is 4.79 Å². The van der Waals surface area contributed by atoms with Crippen molar-refractivity contribution in [1.29, 1.82) is 0 Å². The maximum Gasteiger partial charge on any atom is 0.263 e. The molecule has 0 aliphatic rings. The Labute approximate surface area is 128 Å². The molecule has 1 N–H and O–H groups in total. The highest BCUT2D eigenvalue weighted by molar-refractivity contribution is 14.1. The lowest BCUT2D eigenvalue weighted by Gasteiger charge is -2.05. The third-order valence-electron chi connectivity index (χ3n) is 2.37. The molecule has 1 heterocycles. The lowest BCUT2D eigenvalue weighted by atomic mass is 10.2. The van der Waals surface area contributed by atoms with Crippen LogP contribution in [0.15, 0.2) is 24.3 Å². The van der Waals surface area contributed by atoms with Gasteiger partial charge in [0.15, 0.2) is 3.01 Å². The van der Waals surface area contributed by atoms with E-state index in [-0.39, 0.29) is 5.91 Å². The van der Waals surface area contributed by atoms with Crippen molar-refractivity contribution in [1.82, 2.24) is 10.3 Å². The maximum absolute atomic E-state index is 12.0. The molecule has 1 aromatic carbocycles. The first-order valence-electron chi connectivity index (χ1n) is 5.22. The van der Waals surface area contributed by atoms with Gasteiger partial charge in [0, 0.05) is 11.6 Å². The smallest absolute Gasteiger partial charge is 0.263 e. The standard InChI is InChI=1S/C12H10ClIN2OS/c1-7-10(18-12(14)16-7)11(17)15-6-8-4-2-3-5-9(8)13/h2-5H,6H2,1H3,(H,15,17). The van der Waals surface area contributed by atoms with Crippen LogP contribution in [0, 0.1) is 9.94 Å². The van der Waals surface area contributed by atoms with Gasteiger partial charge in [-0.1, -0.05) is 29.8 Å². The van der Waals surface area contributed by atoms with Crippen molar-refractivity contribution in [3.63, 3.8) is 0 Å². The van der Waals surface area contributed by atoms with Crippen molar-refractivity contribution in [2.24, 2.45) is 0 Å². The molecular formula is C12H10ClIN2OS. The highest BCUT2D eigenvalue weighted by Crippen LogP contribution is 2.20. The first-order valence-corrected chi connectivity index (χ1v) is 7.50. The molecular weight excluding hydrogens is 383 g/mol. The molecule has 0 bridgehead atoms. The number of nitrogens with zero attached hydrogens (tertiary/aromatic N) is 1. The molecule has 0 aliphatic heterocycles.